The van der Waals surface area contributed by atoms with Crippen LogP contribution in [0.5, 0.6) is 0 Å². The summed E-state index contributed by atoms with van der Waals surface area (Å²) in [7, 11) is -0.649. The van der Waals surface area contributed by atoms with Crippen molar-refractivity contribution in [2.45, 2.75) is 51.6 Å². The van der Waals surface area contributed by atoms with Gasteiger partial charge >= 0.3 is 0 Å². The monoisotopic (exact) mass is 260 g/mol. The first-order valence-corrected chi connectivity index (χ1v) is 7.94. The lowest BCUT2D eigenvalue weighted by Gasteiger charge is -2.22. The summed E-state index contributed by atoms with van der Waals surface area (Å²) >= 11 is 0. The third-order valence-electron chi connectivity index (χ3n) is 2.89. The Labute approximate surface area is 106 Å². The standard InChI is InChI=1S/C12H24N2O2S/c1-10(2)13-7-3-4-12(15)14-11-5-8-17(16)9-6-11/h10-11,13H,3-9H2,1-2H3,(H,14,15). The minimum absolute atomic E-state index is 0.133. The fraction of sp³-hybridized carbons (Fsp3) is 0.917. The average Bonchev–Trinajstić information content (AvgIpc) is 2.27. The van der Waals surface area contributed by atoms with Gasteiger partial charge in [-0.25, -0.2) is 0 Å². The molecule has 0 aromatic carbocycles. The highest BCUT2D eigenvalue weighted by molar-refractivity contribution is 7.85. The Morgan fingerprint density at radius 3 is 2.59 bits per heavy atom. The van der Waals surface area contributed by atoms with Crippen molar-refractivity contribution in [2.75, 3.05) is 18.1 Å². The lowest BCUT2D eigenvalue weighted by Crippen LogP contribution is -2.39. The molecule has 17 heavy (non-hydrogen) atoms. The van der Waals surface area contributed by atoms with Crippen molar-refractivity contribution in [3.05, 3.63) is 0 Å². The second-order valence-electron chi connectivity index (χ2n) is 4.90. The Balaban J connectivity index is 2.06. The van der Waals surface area contributed by atoms with Crippen molar-refractivity contribution in [3.63, 3.8) is 0 Å². The second-order valence-corrected chi connectivity index (χ2v) is 6.60. The van der Waals surface area contributed by atoms with Crippen molar-refractivity contribution in [1.82, 2.24) is 10.6 Å². The van der Waals surface area contributed by atoms with Crippen molar-refractivity contribution in [3.8, 4) is 0 Å². The van der Waals surface area contributed by atoms with E-state index in [1.807, 2.05) is 0 Å². The molecule has 1 heterocycles. The molecule has 0 radical (unpaired) electrons. The Kier molecular flexibility index (Phi) is 6.73. The SMILES string of the molecule is CC(C)NCCCC(=O)NC1CCS(=O)CC1. The van der Waals surface area contributed by atoms with Gasteiger partial charge in [-0.2, -0.15) is 0 Å². The van der Waals surface area contributed by atoms with E-state index < -0.39 is 10.8 Å². The molecular formula is C12H24N2O2S. The number of hydrogen-bond acceptors (Lipinski definition) is 3. The minimum Gasteiger partial charge on any atom is -0.353 e. The highest BCUT2D eigenvalue weighted by Gasteiger charge is 2.18. The molecule has 1 amide bonds. The molecule has 0 atom stereocenters. The van der Waals surface area contributed by atoms with Crippen LogP contribution in [0.4, 0.5) is 0 Å². The molecule has 0 spiro atoms. The third kappa shape index (κ3) is 6.78. The van der Waals surface area contributed by atoms with E-state index in [1.54, 1.807) is 0 Å². The molecule has 1 aliphatic rings. The summed E-state index contributed by atoms with van der Waals surface area (Å²) in [6, 6.07) is 0.727. The van der Waals surface area contributed by atoms with Gasteiger partial charge in [-0.15, -0.1) is 0 Å². The fourth-order valence-corrected chi connectivity index (χ4v) is 3.18. The lowest BCUT2D eigenvalue weighted by molar-refractivity contribution is -0.121. The predicted molar refractivity (Wildman–Crippen MR) is 71.4 cm³/mol. The molecule has 2 N–H and O–H groups in total. The molecule has 1 rings (SSSR count). The van der Waals surface area contributed by atoms with Gasteiger partial charge in [0.05, 0.1) is 0 Å². The van der Waals surface area contributed by atoms with Crippen molar-refractivity contribution >= 4 is 16.7 Å². The van der Waals surface area contributed by atoms with Gasteiger partial charge in [0, 0.05) is 40.8 Å². The van der Waals surface area contributed by atoms with Crippen LogP contribution in [0.1, 0.15) is 39.5 Å². The summed E-state index contributed by atoms with van der Waals surface area (Å²) in [6.45, 7) is 5.09. The fourth-order valence-electron chi connectivity index (χ4n) is 1.88. The molecule has 4 nitrogen and oxygen atoms in total. The van der Waals surface area contributed by atoms with Crippen LogP contribution in [0.3, 0.4) is 0 Å². The van der Waals surface area contributed by atoms with E-state index in [9.17, 15) is 9.00 Å². The van der Waals surface area contributed by atoms with Crippen LogP contribution in [0.2, 0.25) is 0 Å². The predicted octanol–water partition coefficient (Wildman–Crippen LogP) is 0.792. The van der Waals surface area contributed by atoms with Gasteiger partial charge in [-0.3, -0.25) is 9.00 Å². The van der Waals surface area contributed by atoms with Crippen LogP contribution in [0, 0.1) is 0 Å². The molecule has 5 heteroatoms. The van der Waals surface area contributed by atoms with Crippen LogP contribution >= 0.6 is 0 Å². The average molecular weight is 260 g/mol. The molecule has 0 aromatic heterocycles. The van der Waals surface area contributed by atoms with E-state index in [0.717, 1.165) is 37.3 Å². The minimum atomic E-state index is -0.649. The lowest BCUT2D eigenvalue weighted by atomic mass is 10.1. The first-order chi connectivity index (χ1) is 8.08. The smallest absolute Gasteiger partial charge is 0.220 e. The Hall–Kier alpha value is -0.420. The van der Waals surface area contributed by atoms with E-state index in [4.69, 9.17) is 0 Å². The molecule has 0 aromatic rings. The molecular weight excluding hydrogens is 236 g/mol. The molecule has 0 aliphatic carbocycles. The van der Waals surface area contributed by atoms with Crippen molar-refractivity contribution in [1.29, 1.82) is 0 Å². The Morgan fingerprint density at radius 1 is 1.35 bits per heavy atom. The van der Waals surface area contributed by atoms with Crippen LogP contribution in [-0.2, 0) is 15.6 Å². The van der Waals surface area contributed by atoms with E-state index >= 15 is 0 Å². The summed E-state index contributed by atoms with van der Waals surface area (Å²) in [6.07, 6.45) is 3.19. The molecule has 1 fully saturated rings. The maximum atomic E-state index is 11.6. The first kappa shape index (κ1) is 14.6. The zero-order valence-corrected chi connectivity index (χ0v) is 11.6. The topological polar surface area (TPSA) is 58.2 Å². The van der Waals surface area contributed by atoms with Gasteiger partial charge in [0.1, 0.15) is 0 Å². The highest BCUT2D eigenvalue weighted by atomic mass is 32.2. The number of amides is 1. The third-order valence-corrected chi connectivity index (χ3v) is 4.27. The van der Waals surface area contributed by atoms with Crippen molar-refractivity contribution < 1.29 is 9.00 Å². The van der Waals surface area contributed by atoms with Crippen LogP contribution in [0.15, 0.2) is 0 Å². The van der Waals surface area contributed by atoms with E-state index in [1.165, 1.54) is 0 Å². The zero-order chi connectivity index (χ0) is 12.7. The molecule has 100 valence electrons. The van der Waals surface area contributed by atoms with E-state index in [-0.39, 0.29) is 11.9 Å². The summed E-state index contributed by atoms with van der Waals surface area (Å²) in [4.78, 5) is 11.6. The van der Waals surface area contributed by atoms with Gasteiger partial charge in [0.25, 0.3) is 0 Å². The number of hydrogen-bond donors (Lipinski definition) is 2. The Morgan fingerprint density at radius 2 is 2.00 bits per heavy atom. The number of carbonyl (C=O) groups excluding carboxylic acids is 1. The summed E-state index contributed by atoms with van der Waals surface area (Å²) in [5.74, 6) is 1.60. The number of nitrogens with one attached hydrogen (secondary N) is 2. The van der Waals surface area contributed by atoms with Crippen LogP contribution < -0.4 is 10.6 Å². The Bertz CT molecular complexity index is 259. The summed E-state index contributed by atoms with van der Waals surface area (Å²) in [5.41, 5.74) is 0. The van der Waals surface area contributed by atoms with Crippen LogP contribution in [-0.4, -0.2) is 40.3 Å². The molecule has 0 saturated carbocycles. The molecule has 1 saturated heterocycles. The van der Waals surface area contributed by atoms with Gasteiger partial charge in [0.2, 0.25) is 5.91 Å². The van der Waals surface area contributed by atoms with Gasteiger partial charge in [-0.1, -0.05) is 13.8 Å². The van der Waals surface area contributed by atoms with E-state index in [2.05, 4.69) is 24.5 Å². The van der Waals surface area contributed by atoms with Gasteiger partial charge in [0.15, 0.2) is 0 Å². The number of carbonyl (C=O) groups is 1. The maximum Gasteiger partial charge on any atom is 0.220 e. The first-order valence-electron chi connectivity index (χ1n) is 6.45. The summed E-state index contributed by atoms with van der Waals surface area (Å²) < 4.78 is 11.2. The molecule has 1 aliphatic heterocycles. The largest absolute Gasteiger partial charge is 0.353 e. The van der Waals surface area contributed by atoms with Crippen molar-refractivity contribution in [2.24, 2.45) is 0 Å². The van der Waals surface area contributed by atoms with Gasteiger partial charge in [-0.05, 0) is 25.8 Å². The second kappa shape index (κ2) is 7.82. The van der Waals surface area contributed by atoms with E-state index in [0.29, 0.717) is 12.5 Å². The normalized spacial score (nSPS) is 24.9. The highest BCUT2D eigenvalue weighted by Crippen LogP contribution is 2.09. The number of rotatable bonds is 6. The maximum absolute atomic E-state index is 11.6. The molecule has 0 unspecified atom stereocenters. The quantitative estimate of drug-likeness (QED) is 0.694. The van der Waals surface area contributed by atoms with Crippen LogP contribution in [0.25, 0.3) is 0 Å². The van der Waals surface area contributed by atoms with Gasteiger partial charge < -0.3 is 10.6 Å². The molecule has 0 bridgehead atoms. The zero-order valence-electron chi connectivity index (χ0n) is 10.8. The summed E-state index contributed by atoms with van der Waals surface area (Å²) in [5, 5.41) is 6.32.